The van der Waals surface area contributed by atoms with Crippen molar-refractivity contribution in [1.29, 1.82) is 0 Å². The zero-order valence-corrected chi connectivity index (χ0v) is 13.3. The van der Waals surface area contributed by atoms with Crippen LogP contribution < -0.4 is 5.32 Å². The Labute approximate surface area is 127 Å². The molecule has 116 valence electrons. The van der Waals surface area contributed by atoms with Crippen LogP contribution in [0.5, 0.6) is 0 Å². The molecule has 0 spiro atoms. The molecule has 2 rings (SSSR count). The minimum absolute atomic E-state index is 0.248. The van der Waals surface area contributed by atoms with Crippen LogP contribution in [0.15, 0.2) is 24.5 Å². The molecule has 1 aromatic rings. The second-order valence-electron chi connectivity index (χ2n) is 6.38. The van der Waals surface area contributed by atoms with Gasteiger partial charge >= 0.3 is 0 Å². The molecule has 1 N–H and O–H groups in total. The Kier molecular flexibility index (Phi) is 5.31. The number of carbonyl (C=O) groups excluding carboxylic acids is 1. The summed E-state index contributed by atoms with van der Waals surface area (Å²) in [5.74, 6) is 0.248. The monoisotopic (exact) mass is 290 g/mol. The number of hydrogen-bond acceptors (Lipinski definition) is 4. The van der Waals surface area contributed by atoms with Gasteiger partial charge in [-0.25, -0.2) is 0 Å². The summed E-state index contributed by atoms with van der Waals surface area (Å²) in [6, 6.07) is 3.95. The molecule has 1 saturated heterocycles. The number of carbonyl (C=O) groups is 1. The molecule has 5 nitrogen and oxygen atoms in total. The van der Waals surface area contributed by atoms with Crippen LogP contribution in [0.4, 0.5) is 0 Å². The molecule has 0 bridgehead atoms. The highest BCUT2D eigenvalue weighted by Crippen LogP contribution is 2.27. The summed E-state index contributed by atoms with van der Waals surface area (Å²) in [5, 5.41) is 3.31. The second-order valence-corrected chi connectivity index (χ2v) is 6.38. The van der Waals surface area contributed by atoms with Crippen molar-refractivity contribution in [3.63, 3.8) is 0 Å². The third-order valence-electron chi connectivity index (χ3n) is 4.09. The number of nitrogens with one attached hydrogen (secondary N) is 1. The number of rotatable bonds is 6. The molecule has 1 aromatic heterocycles. The van der Waals surface area contributed by atoms with E-state index in [2.05, 4.69) is 22.1 Å². The molecule has 1 atom stereocenters. The van der Waals surface area contributed by atoms with Crippen LogP contribution in [-0.2, 0) is 11.3 Å². The van der Waals surface area contributed by atoms with Gasteiger partial charge in [-0.3, -0.25) is 9.78 Å². The average Bonchev–Trinajstić information content (AvgIpc) is 2.92. The normalized spacial score (nSPS) is 21.7. The molecule has 1 amide bonds. The van der Waals surface area contributed by atoms with E-state index in [9.17, 15) is 4.79 Å². The summed E-state index contributed by atoms with van der Waals surface area (Å²) in [4.78, 5) is 21.2. The topological polar surface area (TPSA) is 48.5 Å². The molecule has 2 heterocycles. The smallest absolute Gasteiger partial charge is 0.230 e. The summed E-state index contributed by atoms with van der Waals surface area (Å²) in [6.45, 7) is 6.02. The summed E-state index contributed by atoms with van der Waals surface area (Å²) >= 11 is 0. The van der Waals surface area contributed by atoms with Gasteiger partial charge in [-0.1, -0.05) is 6.07 Å². The van der Waals surface area contributed by atoms with Gasteiger partial charge in [-0.15, -0.1) is 0 Å². The van der Waals surface area contributed by atoms with Crippen molar-refractivity contribution in [2.75, 3.05) is 40.3 Å². The van der Waals surface area contributed by atoms with E-state index < -0.39 is 0 Å². The zero-order chi connectivity index (χ0) is 15.3. The molecular formula is C16H26N4O. The lowest BCUT2D eigenvalue weighted by atomic mass is 9.88. The van der Waals surface area contributed by atoms with E-state index in [-0.39, 0.29) is 11.3 Å². The first-order valence-corrected chi connectivity index (χ1v) is 7.55. The molecule has 0 aliphatic carbocycles. The number of likely N-dealkylation sites (N-methyl/N-ethyl adjacent to an activating group) is 1. The predicted molar refractivity (Wildman–Crippen MR) is 83.8 cm³/mol. The maximum Gasteiger partial charge on any atom is 0.230 e. The Balaban J connectivity index is 2.09. The number of amides is 1. The van der Waals surface area contributed by atoms with Crippen molar-refractivity contribution >= 4 is 5.91 Å². The van der Waals surface area contributed by atoms with E-state index in [0.29, 0.717) is 6.54 Å². The fourth-order valence-corrected chi connectivity index (χ4v) is 2.67. The highest BCUT2D eigenvalue weighted by Gasteiger charge is 2.39. The quantitative estimate of drug-likeness (QED) is 0.848. The molecule has 0 aromatic carbocycles. The molecule has 21 heavy (non-hydrogen) atoms. The molecule has 1 aliphatic rings. The van der Waals surface area contributed by atoms with Gasteiger partial charge in [0.05, 0.1) is 5.41 Å². The Morgan fingerprint density at radius 1 is 1.43 bits per heavy atom. The minimum Gasteiger partial charge on any atom is -0.337 e. The van der Waals surface area contributed by atoms with Crippen LogP contribution in [0.2, 0.25) is 0 Å². The number of aromatic nitrogens is 1. The summed E-state index contributed by atoms with van der Waals surface area (Å²) in [7, 11) is 4.07. The van der Waals surface area contributed by atoms with Crippen molar-refractivity contribution in [3.8, 4) is 0 Å². The molecule has 0 saturated carbocycles. The van der Waals surface area contributed by atoms with Gasteiger partial charge in [0.25, 0.3) is 0 Å². The largest absolute Gasteiger partial charge is 0.337 e. The lowest BCUT2D eigenvalue weighted by molar-refractivity contribution is -0.141. The van der Waals surface area contributed by atoms with Gasteiger partial charge in [0.1, 0.15) is 0 Å². The van der Waals surface area contributed by atoms with E-state index in [1.807, 2.05) is 37.3 Å². The van der Waals surface area contributed by atoms with Crippen molar-refractivity contribution in [1.82, 2.24) is 20.1 Å². The van der Waals surface area contributed by atoms with Crippen molar-refractivity contribution in [2.24, 2.45) is 5.41 Å². The Hall–Kier alpha value is -1.46. The Morgan fingerprint density at radius 3 is 2.81 bits per heavy atom. The highest BCUT2D eigenvalue weighted by molar-refractivity contribution is 5.83. The van der Waals surface area contributed by atoms with E-state index in [1.165, 1.54) is 0 Å². The SMILES string of the molecule is CN(C)CCN(Cc1cccnc1)C(=O)C1(C)CCNC1. The Morgan fingerprint density at radius 2 is 2.24 bits per heavy atom. The molecular weight excluding hydrogens is 264 g/mol. The first-order chi connectivity index (χ1) is 10.0. The zero-order valence-electron chi connectivity index (χ0n) is 13.3. The van der Waals surface area contributed by atoms with Gasteiger partial charge in [-0.05, 0) is 45.6 Å². The van der Waals surface area contributed by atoms with Crippen LogP contribution in [0, 0.1) is 5.41 Å². The van der Waals surface area contributed by atoms with Crippen LogP contribution in [0.1, 0.15) is 18.9 Å². The van der Waals surface area contributed by atoms with Crippen LogP contribution in [0.25, 0.3) is 0 Å². The standard InChI is InChI=1S/C16H26N4O/c1-16(6-8-18-13-16)15(21)20(10-9-19(2)3)12-14-5-4-7-17-11-14/h4-5,7,11,18H,6,8-10,12-13H2,1-3H3. The lowest BCUT2D eigenvalue weighted by Crippen LogP contribution is -2.45. The number of nitrogens with zero attached hydrogens (tertiary/aromatic N) is 3. The van der Waals surface area contributed by atoms with E-state index in [4.69, 9.17) is 0 Å². The maximum absolute atomic E-state index is 12.9. The first-order valence-electron chi connectivity index (χ1n) is 7.55. The lowest BCUT2D eigenvalue weighted by Gasteiger charge is -2.32. The van der Waals surface area contributed by atoms with Gasteiger partial charge < -0.3 is 15.1 Å². The minimum atomic E-state index is -0.269. The molecule has 5 heteroatoms. The summed E-state index contributed by atoms with van der Waals surface area (Å²) < 4.78 is 0. The fraction of sp³-hybridized carbons (Fsp3) is 0.625. The number of pyridine rings is 1. The van der Waals surface area contributed by atoms with Gasteiger partial charge in [-0.2, -0.15) is 0 Å². The van der Waals surface area contributed by atoms with Crippen molar-refractivity contribution < 1.29 is 4.79 Å². The molecule has 0 radical (unpaired) electrons. The Bertz CT molecular complexity index is 455. The predicted octanol–water partition coefficient (Wildman–Crippen LogP) is 0.971. The summed E-state index contributed by atoms with van der Waals surface area (Å²) in [6.07, 6.45) is 4.51. The fourth-order valence-electron chi connectivity index (χ4n) is 2.67. The van der Waals surface area contributed by atoms with E-state index in [1.54, 1.807) is 6.20 Å². The van der Waals surface area contributed by atoms with Crippen LogP contribution in [-0.4, -0.2) is 61.0 Å². The third kappa shape index (κ3) is 4.25. The molecule has 1 fully saturated rings. The van der Waals surface area contributed by atoms with Crippen LogP contribution >= 0.6 is 0 Å². The van der Waals surface area contributed by atoms with E-state index in [0.717, 1.165) is 38.2 Å². The van der Waals surface area contributed by atoms with Crippen LogP contribution in [0.3, 0.4) is 0 Å². The number of hydrogen-bond donors (Lipinski definition) is 1. The molecule has 1 unspecified atom stereocenters. The second kappa shape index (κ2) is 7.00. The maximum atomic E-state index is 12.9. The third-order valence-corrected chi connectivity index (χ3v) is 4.09. The van der Waals surface area contributed by atoms with Crippen molar-refractivity contribution in [2.45, 2.75) is 19.9 Å². The van der Waals surface area contributed by atoms with E-state index >= 15 is 0 Å². The first kappa shape index (κ1) is 15.9. The van der Waals surface area contributed by atoms with Crippen molar-refractivity contribution in [3.05, 3.63) is 30.1 Å². The van der Waals surface area contributed by atoms with Gasteiger partial charge in [0.15, 0.2) is 0 Å². The highest BCUT2D eigenvalue weighted by atomic mass is 16.2. The summed E-state index contributed by atoms with van der Waals surface area (Å²) in [5.41, 5.74) is 0.813. The molecule has 1 aliphatic heterocycles. The average molecular weight is 290 g/mol. The van der Waals surface area contributed by atoms with Gasteiger partial charge in [0.2, 0.25) is 5.91 Å². The van der Waals surface area contributed by atoms with Gasteiger partial charge in [0, 0.05) is 38.6 Å².